The lowest BCUT2D eigenvalue weighted by Crippen LogP contribution is -2.65. The van der Waals surface area contributed by atoms with Crippen LogP contribution in [0.5, 0.6) is 0 Å². The van der Waals surface area contributed by atoms with Crippen LogP contribution in [0.4, 0.5) is 4.39 Å². The van der Waals surface area contributed by atoms with Gasteiger partial charge >= 0.3 is 11.9 Å². The minimum atomic E-state index is -1.05. The van der Waals surface area contributed by atoms with Gasteiger partial charge in [-0.15, -0.1) is 15.2 Å². The van der Waals surface area contributed by atoms with Crippen LogP contribution in [0.1, 0.15) is 37.3 Å². The van der Waals surface area contributed by atoms with Gasteiger partial charge in [0.2, 0.25) is 5.91 Å². The van der Waals surface area contributed by atoms with Crippen molar-refractivity contribution in [2.75, 3.05) is 26.2 Å². The van der Waals surface area contributed by atoms with Gasteiger partial charge in [-0.3, -0.25) is 19.3 Å². The summed E-state index contributed by atoms with van der Waals surface area (Å²) in [6.45, 7) is 1.01. The molecule has 4 aromatic rings. The van der Waals surface area contributed by atoms with Crippen molar-refractivity contribution in [3.05, 3.63) is 59.9 Å². The van der Waals surface area contributed by atoms with Crippen LogP contribution in [0.15, 0.2) is 48.4 Å². The summed E-state index contributed by atoms with van der Waals surface area (Å²) < 4.78 is 17.3. The number of hydrazine groups is 2. The van der Waals surface area contributed by atoms with Crippen LogP contribution in [-0.4, -0.2) is 80.0 Å². The molecule has 2 amide bonds. The zero-order valence-electron chi connectivity index (χ0n) is 24.2. The number of aldehydes is 1. The van der Waals surface area contributed by atoms with Crippen LogP contribution in [0.3, 0.4) is 0 Å². The van der Waals surface area contributed by atoms with Gasteiger partial charge < -0.3 is 20.6 Å². The van der Waals surface area contributed by atoms with Crippen molar-refractivity contribution in [1.82, 2.24) is 45.5 Å². The molecular weight excluding hydrogens is 585 g/mol. The number of aromatic nitrogens is 4. The molecule has 4 bridgehead atoms. The Hall–Kier alpha value is -5.15. The second kappa shape index (κ2) is 11.1. The number of quaternary nitrogens is 1. The molecule has 45 heavy (non-hydrogen) atoms. The lowest BCUT2D eigenvalue weighted by Gasteiger charge is -2.39. The van der Waals surface area contributed by atoms with Crippen LogP contribution >= 0.6 is 0 Å². The van der Waals surface area contributed by atoms with Gasteiger partial charge in [0.05, 0.1) is 49.0 Å². The Morgan fingerprint density at radius 3 is 2.73 bits per heavy atom. The Balaban J connectivity index is 1.28. The average Bonchev–Trinajstić information content (AvgIpc) is 3.75. The highest BCUT2D eigenvalue weighted by Gasteiger charge is 2.46. The molecule has 8 rings (SSSR count). The van der Waals surface area contributed by atoms with E-state index < -0.39 is 11.8 Å². The molecule has 15 heteroatoms. The largest absolute Gasteiger partial charge is 0.481 e. The standard InChI is InChI=1S/C30H30FN9O5/c31-23-12-19-14-33-39-25(19)13-22(23)21-2-1-3-24-29(21)30(18-6-9-40(39,10-7-18)27(43)4-5-28(44)45)35-38(24)17-26(42)32-15-20-16-37(8-11-41)36-34-20/h1-3,11-14,16,18,34,36H,4-10,15,17H2,(H-,32,42,44,45)/p+1. The van der Waals surface area contributed by atoms with E-state index in [1.807, 2.05) is 18.2 Å². The van der Waals surface area contributed by atoms with Gasteiger partial charge in [-0.2, -0.15) is 5.10 Å². The number of carboxylic acids is 1. The number of fused-ring (bicyclic) bond motifs is 2. The zero-order valence-corrected chi connectivity index (χ0v) is 24.2. The molecule has 4 aliphatic heterocycles. The topological polar surface area (TPSA) is 163 Å². The quantitative estimate of drug-likeness (QED) is 0.160. The molecule has 232 valence electrons. The minimum Gasteiger partial charge on any atom is -0.481 e. The molecule has 14 nitrogen and oxygen atoms in total. The molecule has 1 fully saturated rings. The highest BCUT2D eigenvalue weighted by molar-refractivity contribution is 6.00. The maximum absolute atomic E-state index is 15.8. The fourth-order valence-corrected chi connectivity index (χ4v) is 6.72. The third-order valence-electron chi connectivity index (χ3n) is 8.91. The number of aliphatic carboxylic acids is 1. The first-order chi connectivity index (χ1) is 21.8. The van der Waals surface area contributed by atoms with E-state index in [-0.39, 0.29) is 54.8 Å². The third kappa shape index (κ3) is 4.89. The number of hydrogen-bond acceptors (Lipinski definition) is 9. The average molecular weight is 617 g/mol. The van der Waals surface area contributed by atoms with Gasteiger partial charge in [0, 0.05) is 41.3 Å². The van der Waals surface area contributed by atoms with Gasteiger partial charge in [-0.25, -0.2) is 9.18 Å². The molecule has 0 spiro atoms. The van der Waals surface area contributed by atoms with Crippen LogP contribution in [0.25, 0.3) is 32.9 Å². The van der Waals surface area contributed by atoms with Crippen LogP contribution in [0.2, 0.25) is 0 Å². The highest BCUT2D eigenvalue weighted by Crippen LogP contribution is 2.42. The number of carboxylic acid groups (broad SMARTS) is 1. The Morgan fingerprint density at radius 1 is 1.13 bits per heavy atom. The number of hydrogen-bond donors (Lipinski definition) is 4. The lowest BCUT2D eigenvalue weighted by molar-refractivity contribution is -0.145. The van der Waals surface area contributed by atoms with Gasteiger partial charge in [-0.05, 0) is 23.8 Å². The van der Waals surface area contributed by atoms with E-state index in [9.17, 15) is 24.3 Å². The molecular formula is C30H31FN9O5+. The van der Waals surface area contributed by atoms with E-state index in [0.717, 1.165) is 17.4 Å². The van der Waals surface area contributed by atoms with Gasteiger partial charge in [0.1, 0.15) is 37.3 Å². The molecule has 0 radical (unpaired) electrons. The Labute approximate surface area is 255 Å². The Bertz CT molecular complexity index is 1910. The number of carbonyl (C=O) groups is 4. The predicted molar refractivity (Wildman–Crippen MR) is 160 cm³/mol. The molecule has 0 atom stereocenters. The van der Waals surface area contributed by atoms with E-state index in [2.05, 4.69) is 21.4 Å². The summed E-state index contributed by atoms with van der Waals surface area (Å²) in [5.74, 6) is -2.14. The number of amides is 2. The van der Waals surface area contributed by atoms with E-state index in [1.165, 1.54) is 6.07 Å². The normalized spacial score (nSPS) is 20.2. The zero-order chi connectivity index (χ0) is 31.3. The molecule has 0 aliphatic carbocycles. The van der Waals surface area contributed by atoms with E-state index in [0.29, 0.717) is 59.2 Å². The number of piperidine rings is 1. The second-order valence-corrected chi connectivity index (χ2v) is 11.6. The second-order valence-electron chi connectivity index (χ2n) is 11.6. The van der Waals surface area contributed by atoms with Crippen molar-refractivity contribution < 1.29 is 28.7 Å². The van der Waals surface area contributed by atoms with Crippen LogP contribution in [0, 0.1) is 5.82 Å². The van der Waals surface area contributed by atoms with E-state index in [4.69, 9.17) is 5.10 Å². The number of benzene rings is 2. The summed E-state index contributed by atoms with van der Waals surface area (Å²) in [6, 6.07) is 8.62. The monoisotopic (exact) mass is 616 g/mol. The number of carbonyl (C=O) groups excluding carboxylic acids is 3. The summed E-state index contributed by atoms with van der Waals surface area (Å²) in [6.07, 6.45) is 4.65. The fourth-order valence-electron chi connectivity index (χ4n) is 6.72. The van der Waals surface area contributed by atoms with Crippen LogP contribution < -0.4 is 20.9 Å². The minimum absolute atomic E-state index is 0.0760. The number of rotatable bonds is 9. The first kappa shape index (κ1) is 28.6. The first-order valence-corrected chi connectivity index (χ1v) is 14.8. The van der Waals surface area contributed by atoms with Crippen LogP contribution in [-0.2, 0) is 25.7 Å². The molecule has 0 unspecified atom stereocenters. The van der Waals surface area contributed by atoms with Crippen molar-refractivity contribution in [3.8, 4) is 11.1 Å². The summed E-state index contributed by atoms with van der Waals surface area (Å²) in [7, 11) is 0. The van der Waals surface area contributed by atoms with Crippen molar-refractivity contribution in [2.45, 2.75) is 38.1 Å². The highest BCUT2D eigenvalue weighted by atomic mass is 19.1. The Kier molecular flexibility index (Phi) is 7.05. The number of halogens is 1. The SMILES string of the molecule is O=CCN1C=C(CNC(=O)Cn2nc3c4c(cccc42)-c2cc4c(cnn4[N+]4(C(=O)CCC(=O)O)CCC3CC4)cc2F)NN1. The smallest absolute Gasteiger partial charge is 0.340 e. The maximum Gasteiger partial charge on any atom is 0.340 e. The number of nitrogens with zero attached hydrogens (tertiary/aromatic N) is 6. The molecule has 1 saturated heterocycles. The predicted octanol–water partition coefficient (Wildman–Crippen LogP) is 1.39. The first-order valence-electron chi connectivity index (χ1n) is 14.8. The van der Waals surface area contributed by atoms with Crippen molar-refractivity contribution in [1.29, 1.82) is 0 Å². The lowest BCUT2D eigenvalue weighted by atomic mass is 9.88. The Morgan fingerprint density at radius 2 is 1.96 bits per heavy atom. The molecule has 2 aromatic carbocycles. The summed E-state index contributed by atoms with van der Waals surface area (Å²) in [4.78, 5) is 50.6. The molecule has 4 aliphatic rings. The van der Waals surface area contributed by atoms with Gasteiger partial charge in [0.15, 0.2) is 0 Å². The summed E-state index contributed by atoms with van der Waals surface area (Å²) >= 11 is 0. The molecule has 2 aromatic heterocycles. The van der Waals surface area contributed by atoms with E-state index >= 15 is 4.39 Å². The van der Waals surface area contributed by atoms with Crippen molar-refractivity contribution >= 4 is 45.9 Å². The maximum atomic E-state index is 15.8. The third-order valence-corrected chi connectivity index (χ3v) is 8.91. The summed E-state index contributed by atoms with van der Waals surface area (Å²) in [5.41, 5.74) is 9.35. The summed E-state index contributed by atoms with van der Waals surface area (Å²) in [5, 5.41) is 24.5. The van der Waals surface area contributed by atoms with Crippen molar-refractivity contribution in [2.24, 2.45) is 0 Å². The molecule has 4 N–H and O–H groups in total. The fraction of sp³-hybridized carbons (Fsp3) is 0.333. The van der Waals surface area contributed by atoms with E-state index in [1.54, 1.807) is 32.9 Å². The molecule has 0 saturated carbocycles. The van der Waals surface area contributed by atoms with Gasteiger partial charge in [0.25, 0.3) is 0 Å². The molecule has 6 heterocycles. The van der Waals surface area contributed by atoms with Gasteiger partial charge in [-0.1, -0.05) is 16.9 Å². The van der Waals surface area contributed by atoms with Crippen molar-refractivity contribution in [3.63, 3.8) is 0 Å². The number of nitrogens with one attached hydrogen (secondary N) is 3.